The maximum atomic E-state index is 5.72. The molecule has 0 aliphatic heterocycles. The molecule has 2 aromatic rings. The van der Waals surface area contributed by atoms with Crippen LogP contribution in [0.1, 0.15) is 34.2 Å². The molecule has 0 atom stereocenters. The topological polar surface area (TPSA) is 38.0 Å². The number of aryl methyl sites for hydroxylation is 1. The van der Waals surface area contributed by atoms with Gasteiger partial charge in [0.1, 0.15) is 0 Å². The molecule has 20 heavy (non-hydrogen) atoms. The Morgan fingerprint density at radius 1 is 1.05 bits per heavy atom. The third-order valence-electron chi connectivity index (χ3n) is 4.37. The summed E-state index contributed by atoms with van der Waals surface area (Å²) in [5, 5.41) is 3.58. The zero-order valence-corrected chi connectivity index (χ0v) is 12.3. The normalized spacial score (nSPS) is 13.3. The number of nitrogen functional groups attached to an aromatic ring is 1. The van der Waals surface area contributed by atoms with Crippen molar-refractivity contribution < 1.29 is 0 Å². The zero-order chi connectivity index (χ0) is 14.1. The van der Waals surface area contributed by atoms with Crippen LogP contribution in [0.15, 0.2) is 30.3 Å². The molecule has 0 aromatic heterocycles. The van der Waals surface area contributed by atoms with E-state index in [2.05, 4.69) is 37.4 Å². The van der Waals surface area contributed by atoms with Crippen LogP contribution in [0.3, 0.4) is 0 Å². The summed E-state index contributed by atoms with van der Waals surface area (Å²) < 4.78 is 0. The van der Waals surface area contributed by atoms with Crippen LogP contribution in [0.2, 0.25) is 0 Å². The molecule has 2 aromatic carbocycles. The Morgan fingerprint density at radius 3 is 2.50 bits per heavy atom. The van der Waals surface area contributed by atoms with Gasteiger partial charge in [0.25, 0.3) is 0 Å². The predicted octanol–water partition coefficient (Wildman–Crippen LogP) is 3.99. The number of nitrogens with two attached hydrogens (primary N) is 1. The molecule has 3 N–H and O–H groups in total. The van der Waals surface area contributed by atoms with E-state index in [0.29, 0.717) is 0 Å². The first-order valence-electron chi connectivity index (χ1n) is 7.35. The molecule has 1 aliphatic carbocycles. The lowest BCUT2D eigenvalue weighted by Gasteiger charge is -2.16. The highest BCUT2D eigenvalue weighted by Gasteiger charge is 2.17. The quantitative estimate of drug-likeness (QED) is 0.824. The summed E-state index contributed by atoms with van der Waals surface area (Å²) >= 11 is 0. The number of nitrogens with one attached hydrogen (secondary N) is 1. The van der Waals surface area contributed by atoms with Gasteiger partial charge in [0.2, 0.25) is 0 Å². The highest BCUT2D eigenvalue weighted by Crippen LogP contribution is 2.33. The minimum absolute atomic E-state index is 0.818. The molecule has 0 heterocycles. The molecule has 0 radical (unpaired) electrons. The summed E-state index contributed by atoms with van der Waals surface area (Å²) in [5.41, 5.74) is 15.1. The van der Waals surface area contributed by atoms with Gasteiger partial charge in [-0.1, -0.05) is 12.1 Å². The van der Waals surface area contributed by atoms with Gasteiger partial charge >= 0.3 is 0 Å². The van der Waals surface area contributed by atoms with Crippen LogP contribution < -0.4 is 11.1 Å². The largest absolute Gasteiger partial charge is 0.399 e. The van der Waals surface area contributed by atoms with Gasteiger partial charge in [0.15, 0.2) is 0 Å². The van der Waals surface area contributed by atoms with Gasteiger partial charge in [-0.15, -0.1) is 0 Å². The number of anilines is 2. The number of hydrogen-bond donors (Lipinski definition) is 2. The summed E-state index contributed by atoms with van der Waals surface area (Å²) in [6, 6.07) is 10.4. The first-order chi connectivity index (χ1) is 9.65. The second kappa shape index (κ2) is 5.20. The van der Waals surface area contributed by atoms with Gasteiger partial charge in [0, 0.05) is 17.9 Å². The van der Waals surface area contributed by atoms with Crippen molar-refractivity contribution in [2.24, 2.45) is 0 Å². The maximum Gasteiger partial charge on any atom is 0.0400 e. The molecule has 0 unspecified atom stereocenters. The van der Waals surface area contributed by atoms with Crippen molar-refractivity contribution >= 4 is 11.4 Å². The van der Waals surface area contributed by atoms with E-state index in [0.717, 1.165) is 12.2 Å². The van der Waals surface area contributed by atoms with E-state index in [1.54, 1.807) is 11.1 Å². The molecule has 2 nitrogen and oxygen atoms in total. The summed E-state index contributed by atoms with van der Waals surface area (Å²) in [6.07, 6.45) is 3.79. The Morgan fingerprint density at radius 2 is 1.75 bits per heavy atom. The fraction of sp³-hybridized carbons (Fsp3) is 0.333. The first-order valence-corrected chi connectivity index (χ1v) is 7.35. The van der Waals surface area contributed by atoms with E-state index < -0.39 is 0 Å². The Balaban J connectivity index is 1.81. The SMILES string of the molecule is Cc1cc(NCc2ccc(N)cc2)c(C)c2c1CCC2. The van der Waals surface area contributed by atoms with Crippen molar-refractivity contribution in [1.29, 1.82) is 0 Å². The second-order valence-corrected chi connectivity index (χ2v) is 5.77. The molecular weight excluding hydrogens is 244 g/mol. The van der Waals surface area contributed by atoms with Gasteiger partial charge in [-0.25, -0.2) is 0 Å². The Bertz CT molecular complexity index is 627. The van der Waals surface area contributed by atoms with Crippen LogP contribution in [0.5, 0.6) is 0 Å². The third kappa shape index (κ3) is 2.38. The lowest BCUT2D eigenvalue weighted by atomic mass is 9.97. The average Bonchev–Trinajstić information content (AvgIpc) is 2.93. The van der Waals surface area contributed by atoms with E-state index >= 15 is 0 Å². The van der Waals surface area contributed by atoms with Gasteiger partial charge in [0.05, 0.1) is 0 Å². The third-order valence-corrected chi connectivity index (χ3v) is 4.37. The van der Waals surface area contributed by atoms with Crippen molar-refractivity contribution in [3.63, 3.8) is 0 Å². The molecule has 0 amide bonds. The molecule has 0 saturated heterocycles. The highest BCUT2D eigenvalue weighted by molar-refractivity contribution is 5.60. The number of hydrogen-bond acceptors (Lipinski definition) is 2. The van der Waals surface area contributed by atoms with Crippen molar-refractivity contribution in [2.75, 3.05) is 11.1 Å². The Kier molecular flexibility index (Phi) is 3.39. The van der Waals surface area contributed by atoms with E-state index in [9.17, 15) is 0 Å². The number of benzene rings is 2. The van der Waals surface area contributed by atoms with Crippen LogP contribution >= 0.6 is 0 Å². The van der Waals surface area contributed by atoms with Gasteiger partial charge < -0.3 is 11.1 Å². The minimum atomic E-state index is 0.818. The fourth-order valence-electron chi connectivity index (χ4n) is 3.18. The monoisotopic (exact) mass is 266 g/mol. The van der Waals surface area contributed by atoms with Gasteiger partial charge in [-0.3, -0.25) is 0 Å². The van der Waals surface area contributed by atoms with Crippen LogP contribution in [0, 0.1) is 13.8 Å². The minimum Gasteiger partial charge on any atom is -0.399 e. The highest BCUT2D eigenvalue weighted by atomic mass is 14.9. The fourth-order valence-corrected chi connectivity index (χ4v) is 3.18. The van der Waals surface area contributed by atoms with Crippen molar-refractivity contribution in [3.8, 4) is 0 Å². The van der Waals surface area contributed by atoms with Crippen molar-refractivity contribution in [3.05, 3.63) is 58.1 Å². The van der Waals surface area contributed by atoms with Crippen molar-refractivity contribution in [2.45, 2.75) is 39.7 Å². The standard InChI is InChI=1S/C18H22N2/c1-12-10-18(13(2)17-5-3-4-16(12)17)20-11-14-6-8-15(19)9-7-14/h6-10,20H,3-5,11,19H2,1-2H3. The number of fused-ring (bicyclic) bond motifs is 1. The van der Waals surface area contributed by atoms with Gasteiger partial charge in [-0.2, -0.15) is 0 Å². The maximum absolute atomic E-state index is 5.72. The molecule has 0 saturated carbocycles. The lowest BCUT2D eigenvalue weighted by Crippen LogP contribution is -2.04. The van der Waals surface area contributed by atoms with Crippen LogP contribution in [-0.2, 0) is 19.4 Å². The van der Waals surface area contributed by atoms with Gasteiger partial charge in [-0.05, 0) is 79.1 Å². The zero-order valence-electron chi connectivity index (χ0n) is 12.3. The number of rotatable bonds is 3. The smallest absolute Gasteiger partial charge is 0.0400 e. The molecule has 0 fully saturated rings. The molecule has 0 bridgehead atoms. The Hall–Kier alpha value is -1.96. The second-order valence-electron chi connectivity index (χ2n) is 5.77. The van der Waals surface area contributed by atoms with E-state index in [1.165, 1.54) is 41.6 Å². The molecular formula is C18H22N2. The van der Waals surface area contributed by atoms with Crippen molar-refractivity contribution in [1.82, 2.24) is 0 Å². The molecule has 3 rings (SSSR count). The summed E-state index contributed by atoms with van der Waals surface area (Å²) in [4.78, 5) is 0. The summed E-state index contributed by atoms with van der Waals surface area (Å²) in [6.45, 7) is 5.33. The summed E-state index contributed by atoms with van der Waals surface area (Å²) in [5.74, 6) is 0. The lowest BCUT2D eigenvalue weighted by molar-refractivity contribution is 0.907. The van der Waals surface area contributed by atoms with Crippen LogP contribution in [0.4, 0.5) is 11.4 Å². The first kappa shape index (κ1) is 13.0. The summed E-state index contributed by atoms with van der Waals surface area (Å²) in [7, 11) is 0. The average molecular weight is 266 g/mol. The van der Waals surface area contributed by atoms with Crippen LogP contribution in [-0.4, -0.2) is 0 Å². The molecule has 2 heteroatoms. The molecule has 1 aliphatic rings. The molecule has 0 spiro atoms. The Labute approximate surface area is 121 Å². The molecule has 104 valence electrons. The predicted molar refractivity (Wildman–Crippen MR) is 86.1 cm³/mol. The van der Waals surface area contributed by atoms with E-state index in [4.69, 9.17) is 5.73 Å². The van der Waals surface area contributed by atoms with E-state index in [1.807, 2.05) is 12.1 Å². The van der Waals surface area contributed by atoms with E-state index in [-0.39, 0.29) is 0 Å². The van der Waals surface area contributed by atoms with Crippen LogP contribution in [0.25, 0.3) is 0 Å².